The van der Waals surface area contributed by atoms with Gasteiger partial charge in [-0.15, -0.1) is 0 Å². The van der Waals surface area contributed by atoms with Crippen molar-refractivity contribution >= 4 is 17.4 Å². The first-order valence-electron chi connectivity index (χ1n) is 10.8. The first-order valence-corrected chi connectivity index (χ1v) is 10.8. The fraction of sp³-hybridized carbons (Fsp3) is 0.478. The van der Waals surface area contributed by atoms with E-state index in [9.17, 15) is 20.0 Å². The molecule has 9 nitrogen and oxygen atoms in total. The van der Waals surface area contributed by atoms with Gasteiger partial charge in [0.1, 0.15) is 0 Å². The number of nitrogens with zero attached hydrogens (tertiary/aromatic N) is 3. The average Bonchev–Trinajstić information content (AvgIpc) is 2.76. The van der Waals surface area contributed by atoms with E-state index in [1.165, 1.54) is 31.4 Å². The number of likely N-dealkylation sites (tertiary alicyclic amines) is 1. The lowest BCUT2D eigenvalue weighted by Crippen LogP contribution is -2.34. The summed E-state index contributed by atoms with van der Waals surface area (Å²) < 4.78 is 0. The lowest BCUT2D eigenvalue weighted by atomic mass is 9.79. The fourth-order valence-electron chi connectivity index (χ4n) is 4.42. The van der Waals surface area contributed by atoms with Gasteiger partial charge in [-0.2, -0.15) is 0 Å². The molecule has 1 unspecified atom stereocenters. The van der Waals surface area contributed by atoms with Crippen molar-refractivity contribution in [2.75, 3.05) is 26.2 Å². The molecule has 1 atom stereocenters. The van der Waals surface area contributed by atoms with Crippen molar-refractivity contribution in [3.63, 3.8) is 0 Å². The number of allylic oxidation sites excluding steroid dienone is 3. The molecular formula is C23H30N4O5. The molecule has 0 bridgehead atoms. The number of hydroxylamine groups is 1. The van der Waals surface area contributed by atoms with E-state index < -0.39 is 16.8 Å². The zero-order chi connectivity index (χ0) is 23.3. The second-order valence-electron chi connectivity index (χ2n) is 8.18. The SMILES string of the molecule is CC1=NC(C)=C(C(=O)O)C(c2cccc([N+](=O)[O-])c2)C1=C(C)NOCCN1CCCCC1. The van der Waals surface area contributed by atoms with Crippen LogP contribution in [0.2, 0.25) is 0 Å². The highest BCUT2D eigenvalue weighted by Gasteiger charge is 2.34. The highest BCUT2D eigenvalue weighted by molar-refractivity contribution is 6.06. The first-order chi connectivity index (χ1) is 15.3. The van der Waals surface area contributed by atoms with Crippen LogP contribution in [-0.2, 0) is 9.63 Å². The number of aliphatic carboxylic acids is 1. The minimum absolute atomic E-state index is 0.0900. The van der Waals surface area contributed by atoms with E-state index in [1.54, 1.807) is 32.9 Å². The highest BCUT2D eigenvalue weighted by atomic mass is 16.6. The Morgan fingerprint density at radius 2 is 2.03 bits per heavy atom. The second-order valence-corrected chi connectivity index (χ2v) is 8.18. The van der Waals surface area contributed by atoms with Crippen LogP contribution in [0, 0.1) is 10.1 Å². The number of nitro benzene ring substituents is 1. The van der Waals surface area contributed by atoms with Gasteiger partial charge in [-0.25, -0.2) is 4.79 Å². The number of carboxylic acids is 1. The largest absolute Gasteiger partial charge is 0.478 e. The maximum absolute atomic E-state index is 12.1. The van der Waals surface area contributed by atoms with Crippen LogP contribution in [0.1, 0.15) is 51.5 Å². The minimum Gasteiger partial charge on any atom is -0.478 e. The molecule has 2 heterocycles. The van der Waals surface area contributed by atoms with Crippen molar-refractivity contribution in [2.24, 2.45) is 4.99 Å². The van der Waals surface area contributed by atoms with Crippen LogP contribution in [-0.4, -0.2) is 52.9 Å². The van der Waals surface area contributed by atoms with Gasteiger partial charge in [0.2, 0.25) is 0 Å². The van der Waals surface area contributed by atoms with Gasteiger partial charge in [-0.3, -0.25) is 25.4 Å². The topological polar surface area (TPSA) is 117 Å². The Morgan fingerprint density at radius 1 is 1.31 bits per heavy atom. The Morgan fingerprint density at radius 3 is 2.69 bits per heavy atom. The van der Waals surface area contributed by atoms with E-state index in [-0.39, 0.29) is 11.3 Å². The number of hydrogen-bond donors (Lipinski definition) is 2. The molecule has 1 aromatic carbocycles. The molecule has 9 heteroatoms. The smallest absolute Gasteiger partial charge is 0.334 e. The summed E-state index contributed by atoms with van der Waals surface area (Å²) in [5.41, 5.74) is 5.79. The van der Waals surface area contributed by atoms with Crippen molar-refractivity contribution in [3.8, 4) is 0 Å². The number of benzene rings is 1. The van der Waals surface area contributed by atoms with Crippen LogP contribution in [0.15, 0.2) is 51.8 Å². The number of carboxylic acid groups (broad SMARTS) is 1. The predicted octanol–water partition coefficient (Wildman–Crippen LogP) is 3.79. The number of non-ortho nitro benzene ring substituents is 1. The standard InChI is InChI=1S/C23H30N4O5/c1-15-20(17(3)25-32-13-12-26-10-5-4-6-11-26)22(21(23(28)29)16(2)24-15)18-8-7-9-19(14-18)27(30)31/h7-9,14,22,25H,4-6,10-13H2,1-3H3,(H,28,29). The van der Waals surface area contributed by atoms with Gasteiger partial charge < -0.3 is 10.0 Å². The number of carbonyl (C=O) groups is 1. The quantitative estimate of drug-likeness (QED) is 0.357. The molecule has 1 fully saturated rings. The van der Waals surface area contributed by atoms with E-state index in [4.69, 9.17) is 4.84 Å². The molecule has 0 spiro atoms. The third kappa shape index (κ3) is 5.41. The molecule has 2 N–H and O–H groups in total. The molecule has 1 saturated heterocycles. The average molecular weight is 443 g/mol. The molecule has 0 amide bonds. The lowest BCUT2D eigenvalue weighted by molar-refractivity contribution is -0.384. The number of hydrogen-bond acceptors (Lipinski definition) is 7. The number of nitrogens with one attached hydrogen (secondary N) is 1. The monoisotopic (exact) mass is 442 g/mol. The van der Waals surface area contributed by atoms with Crippen LogP contribution >= 0.6 is 0 Å². The zero-order valence-electron chi connectivity index (χ0n) is 18.8. The van der Waals surface area contributed by atoms with Crippen LogP contribution in [0.25, 0.3) is 0 Å². The number of piperidine rings is 1. The second kappa shape index (κ2) is 10.5. The minimum atomic E-state index is -1.11. The highest BCUT2D eigenvalue weighted by Crippen LogP contribution is 2.40. The molecule has 0 radical (unpaired) electrons. The Bertz CT molecular complexity index is 976. The molecular weight excluding hydrogens is 412 g/mol. The van der Waals surface area contributed by atoms with Gasteiger partial charge in [0, 0.05) is 47.3 Å². The van der Waals surface area contributed by atoms with Gasteiger partial charge in [-0.1, -0.05) is 18.6 Å². The van der Waals surface area contributed by atoms with Gasteiger partial charge in [0.25, 0.3) is 5.69 Å². The van der Waals surface area contributed by atoms with Crippen molar-refractivity contribution in [1.82, 2.24) is 10.4 Å². The Balaban J connectivity index is 1.88. The molecule has 172 valence electrons. The predicted molar refractivity (Wildman–Crippen MR) is 121 cm³/mol. The Kier molecular flexibility index (Phi) is 7.76. The van der Waals surface area contributed by atoms with Gasteiger partial charge >= 0.3 is 5.97 Å². The summed E-state index contributed by atoms with van der Waals surface area (Å²) in [5.74, 6) is -1.81. The molecule has 0 aliphatic carbocycles. The third-order valence-corrected chi connectivity index (χ3v) is 5.92. The molecule has 2 aliphatic heterocycles. The van der Waals surface area contributed by atoms with Crippen molar-refractivity contribution in [3.05, 3.63) is 62.5 Å². The summed E-state index contributed by atoms with van der Waals surface area (Å²) in [6, 6.07) is 6.09. The number of nitro groups is 1. The van der Waals surface area contributed by atoms with E-state index in [1.807, 2.05) is 0 Å². The number of aliphatic imine (C=N–C) groups is 1. The Labute approximate surface area is 187 Å². The van der Waals surface area contributed by atoms with E-state index in [0.717, 1.165) is 19.6 Å². The van der Waals surface area contributed by atoms with E-state index >= 15 is 0 Å². The normalized spacial score (nSPS) is 21.2. The molecule has 0 aromatic heterocycles. The van der Waals surface area contributed by atoms with Gasteiger partial charge in [-0.05, 0) is 52.3 Å². The van der Waals surface area contributed by atoms with Crippen LogP contribution < -0.4 is 5.48 Å². The van der Waals surface area contributed by atoms with Gasteiger partial charge in [0.15, 0.2) is 0 Å². The van der Waals surface area contributed by atoms with Crippen molar-refractivity contribution < 1.29 is 19.7 Å². The molecule has 3 rings (SSSR count). The molecule has 1 aromatic rings. The summed E-state index contributed by atoms with van der Waals surface area (Å²) in [7, 11) is 0. The summed E-state index contributed by atoms with van der Waals surface area (Å²) in [6.07, 6.45) is 3.69. The molecule has 2 aliphatic rings. The third-order valence-electron chi connectivity index (χ3n) is 5.92. The van der Waals surface area contributed by atoms with Crippen LogP contribution in [0.4, 0.5) is 5.69 Å². The molecule has 0 saturated carbocycles. The first kappa shape index (κ1) is 23.6. The number of rotatable bonds is 8. The van der Waals surface area contributed by atoms with E-state index in [0.29, 0.717) is 34.8 Å². The summed E-state index contributed by atoms with van der Waals surface area (Å²) in [6.45, 7) is 8.72. The van der Waals surface area contributed by atoms with Crippen LogP contribution in [0.5, 0.6) is 0 Å². The zero-order valence-corrected chi connectivity index (χ0v) is 18.8. The van der Waals surface area contributed by atoms with Crippen molar-refractivity contribution in [1.29, 1.82) is 0 Å². The summed E-state index contributed by atoms with van der Waals surface area (Å²) in [5, 5.41) is 21.2. The van der Waals surface area contributed by atoms with Gasteiger partial charge in [0.05, 0.1) is 17.1 Å². The molecule has 32 heavy (non-hydrogen) atoms. The summed E-state index contributed by atoms with van der Waals surface area (Å²) >= 11 is 0. The summed E-state index contributed by atoms with van der Waals surface area (Å²) in [4.78, 5) is 35.5. The Hall–Kier alpha value is -3.04. The lowest BCUT2D eigenvalue weighted by Gasteiger charge is -2.29. The fourth-order valence-corrected chi connectivity index (χ4v) is 4.42. The van der Waals surface area contributed by atoms with Crippen molar-refractivity contribution in [2.45, 2.75) is 46.0 Å². The maximum atomic E-state index is 12.1. The van der Waals surface area contributed by atoms with Crippen LogP contribution in [0.3, 0.4) is 0 Å². The maximum Gasteiger partial charge on any atom is 0.334 e. The van der Waals surface area contributed by atoms with E-state index in [2.05, 4.69) is 15.4 Å².